The van der Waals surface area contributed by atoms with Crippen molar-refractivity contribution >= 4 is 34.6 Å². The monoisotopic (exact) mass is 414 g/mol. The number of anilines is 1. The van der Waals surface area contributed by atoms with Gasteiger partial charge in [-0.25, -0.2) is 4.39 Å². The second-order valence-corrected chi connectivity index (χ2v) is 7.30. The standard InChI is InChI=1S/C22H17Cl2FN2O/c1-28-18-9-4-14(5-10-18)21-13-22(15-2-6-16(25)7-3-15)27(26-21)17-8-11-19(23)20(24)12-17/h2-12,22H,13H2,1H3. The van der Waals surface area contributed by atoms with Gasteiger partial charge in [-0.3, -0.25) is 5.01 Å². The Morgan fingerprint density at radius 3 is 2.32 bits per heavy atom. The summed E-state index contributed by atoms with van der Waals surface area (Å²) in [6.07, 6.45) is 0.679. The van der Waals surface area contributed by atoms with Gasteiger partial charge in [0.25, 0.3) is 0 Å². The summed E-state index contributed by atoms with van der Waals surface area (Å²) in [6, 6.07) is 19.6. The maximum Gasteiger partial charge on any atom is 0.123 e. The maximum atomic E-state index is 13.4. The fourth-order valence-corrected chi connectivity index (χ4v) is 3.57. The number of hydrogen-bond donors (Lipinski definition) is 0. The van der Waals surface area contributed by atoms with Crippen LogP contribution in [0, 0.1) is 5.82 Å². The lowest BCUT2D eigenvalue weighted by Crippen LogP contribution is -2.18. The summed E-state index contributed by atoms with van der Waals surface area (Å²) in [5.41, 5.74) is 3.74. The van der Waals surface area contributed by atoms with Crippen molar-refractivity contribution in [3.63, 3.8) is 0 Å². The van der Waals surface area contributed by atoms with Crippen LogP contribution in [0.2, 0.25) is 10.0 Å². The van der Waals surface area contributed by atoms with Crippen molar-refractivity contribution in [1.82, 2.24) is 0 Å². The van der Waals surface area contributed by atoms with E-state index >= 15 is 0 Å². The van der Waals surface area contributed by atoms with Gasteiger partial charge in [-0.2, -0.15) is 5.10 Å². The summed E-state index contributed by atoms with van der Waals surface area (Å²) in [5.74, 6) is 0.526. The zero-order valence-corrected chi connectivity index (χ0v) is 16.6. The van der Waals surface area contributed by atoms with Gasteiger partial charge in [0.1, 0.15) is 11.6 Å². The Labute approximate surface area is 173 Å². The van der Waals surface area contributed by atoms with Crippen molar-refractivity contribution in [2.45, 2.75) is 12.5 Å². The molecule has 0 saturated carbocycles. The molecule has 0 N–H and O–H groups in total. The fourth-order valence-electron chi connectivity index (χ4n) is 3.28. The minimum atomic E-state index is -0.265. The van der Waals surface area contributed by atoms with Crippen molar-refractivity contribution in [3.05, 3.63) is 93.7 Å². The highest BCUT2D eigenvalue weighted by molar-refractivity contribution is 6.42. The number of benzene rings is 3. The van der Waals surface area contributed by atoms with Crippen LogP contribution in [0.15, 0.2) is 71.8 Å². The second-order valence-electron chi connectivity index (χ2n) is 6.49. The SMILES string of the molecule is COc1ccc(C2=NN(c3ccc(Cl)c(Cl)c3)C(c3ccc(F)cc3)C2)cc1. The van der Waals surface area contributed by atoms with E-state index in [2.05, 4.69) is 0 Å². The van der Waals surface area contributed by atoms with Crippen LogP contribution in [0.3, 0.4) is 0 Å². The first-order valence-corrected chi connectivity index (χ1v) is 9.52. The molecule has 0 radical (unpaired) electrons. The van der Waals surface area contributed by atoms with E-state index in [0.29, 0.717) is 16.5 Å². The number of ether oxygens (including phenoxy) is 1. The third-order valence-corrected chi connectivity index (χ3v) is 5.50. The highest BCUT2D eigenvalue weighted by Gasteiger charge is 2.30. The van der Waals surface area contributed by atoms with E-state index in [-0.39, 0.29) is 11.9 Å². The number of nitrogens with zero attached hydrogens (tertiary/aromatic N) is 2. The Morgan fingerprint density at radius 2 is 1.68 bits per heavy atom. The molecule has 0 bridgehead atoms. The molecular weight excluding hydrogens is 398 g/mol. The lowest BCUT2D eigenvalue weighted by Gasteiger charge is -2.24. The Hall–Kier alpha value is -2.56. The highest BCUT2D eigenvalue weighted by Crippen LogP contribution is 2.38. The summed E-state index contributed by atoms with van der Waals surface area (Å²) in [5, 5.41) is 7.71. The van der Waals surface area contributed by atoms with Crippen LogP contribution in [0.25, 0.3) is 0 Å². The van der Waals surface area contributed by atoms with Crippen LogP contribution in [0.4, 0.5) is 10.1 Å². The van der Waals surface area contributed by atoms with Crippen LogP contribution in [0.5, 0.6) is 5.75 Å². The molecule has 3 aromatic carbocycles. The van der Waals surface area contributed by atoms with Gasteiger partial charge in [-0.15, -0.1) is 0 Å². The van der Waals surface area contributed by atoms with E-state index in [9.17, 15) is 4.39 Å². The van der Waals surface area contributed by atoms with E-state index in [1.807, 2.05) is 35.3 Å². The number of rotatable bonds is 4. The van der Waals surface area contributed by atoms with Gasteiger partial charge in [0.05, 0.1) is 34.6 Å². The molecule has 3 nitrogen and oxygen atoms in total. The number of hydrogen-bond acceptors (Lipinski definition) is 3. The van der Waals surface area contributed by atoms with Crippen molar-refractivity contribution < 1.29 is 9.13 Å². The van der Waals surface area contributed by atoms with Gasteiger partial charge < -0.3 is 4.74 Å². The van der Waals surface area contributed by atoms with Crippen molar-refractivity contribution in [3.8, 4) is 5.75 Å². The minimum Gasteiger partial charge on any atom is -0.497 e. The van der Waals surface area contributed by atoms with Gasteiger partial charge >= 0.3 is 0 Å². The van der Waals surface area contributed by atoms with Gasteiger partial charge in [0.15, 0.2) is 0 Å². The Kier molecular flexibility index (Phi) is 5.25. The quantitative estimate of drug-likeness (QED) is 0.486. The first-order chi connectivity index (χ1) is 13.5. The smallest absolute Gasteiger partial charge is 0.123 e. The topological polar surface area (TPSA) is 24.8 Å². The van der Waals surface area contributed by atoms with Crippen molar-refractivity contribution in [1.29, 1.82) is 0 Å². The van der Waals surface area contributed by atoms with Gasteiger partial charge in [-0.05, 0) is 65.7 Å². The molecule has 0 amide bonds. The molecule has 0 aromatic heterocycles. The molecule has 0 fully saturated rings. The van der Waals surface area contributed by atoms with E-state index in [4.69, 9.17) is 33.0 Å². The average molecular weight is 415 g/mol. The molecule has 1 atom stereocenters. The molecule has 142 valence electrons. The zero-order valence-electron chi connectivity index (χ0n) is 15.1. The lowest BCUT2D eigenvalue weighted by molar-refractivity contribution is 0.415. The number of halogens is 3. The van der Waals surface area contributed by atoms with Gasteiger partial charge in [0, 0.05) is 6.42 Å². The molecule has 6 heteroatoms. The minimum absolute atomic E-state index is 0.0741. The molecule has 1 aliphatic heterocycles. The zero-order chi connectivity index (χ0) is 19.7. The number of methoxy groups -OCH3 is 1. The van der Waals surface area contributed by atoms with E-state index < -0.39 is 0 Å². The molecule has 1 unspecified atom stereocenters. The summed E-state index contributed by atoms with van der Waals surface area (Å²) >= 11 is 12.3. The summed E-state index contributed by atoms with van der Waals surface area (Å²) in [6.45, 7) is 0. The van der Waals surface area contributed by atoms with Crippen LogP contribution in [-0.2, 0) is 0 Å². The van der Waals surface area contributed by atoms with Crippen molar-refractivity contribution in [2.24, 2.45) is 5.10 Å². The number of hydrazone groups is 1. The second kappa shape index (κ2) is 7.82. The summed E-state index contributed by atoms with van der Waals surface area (Å²) in [4.78, 5) is 0. The third kappa shape index (κ3) is 3.71. The molecule has 0 saturated heterocycles. The van der Waals surface area contributed by atoms with E-state index in [1.54, 1.807) is 31.4 Å². The summed E-state index contributed by atoms with van der Waals surface area (Å²) < 4.78 is 18.7. The first kappa shape index (κ1) is 18.8. The Morgan fingerprint density at radius 1 is 0.964 bits per heavy atom. The van der Waals surface area contributed by atoms with Crippen molar-refractivity contribution in [2.75, 3.05) is 12.1 Å². The fraction of sp³-hybridized carbons (Fsp3) is 0.136. The third-order valence-electron chi connectivity index (χ3n) is 4.76. The molecule has 3 aromatic rings. The van der Waals surface area contributed by atoms with Crippen LogP contribution < -0.4 is 9.75 Å². The van der Waals surface area contributed by atoms with Crippen LogP contribution in [-0.4, -0.2) is 12.8 Å². The normalized spacial score (nSPS) is 16.2. The summed E-state index contributed by atoms with van der Waals surface area (Å²) in [7, 11) is 1.64. The molecule has 1 heterocycles. The molecule has 28 heavy (non-hydrogen) atoms. The average Bonchev–Trinajstić information content (AvgIpc) is 3.16. The van der Waals surface area contributed by atoms with Gasteiger partial charge in [0.2, 0.25) is 0 Å². The molecule has 4 rings (SSSR count). The lowest BCUT2D eigenvalue weighted by atomic mass is 9.98. The Balaban J connectivity index is 1.74. The predicted octanol–water partition coefficient (Wildman–Crippen LogP) is 6.50. The Bertz CT molecular complexity index is 1020. The molecule has 0 aliphatic carbocycles. The largest absolute Gasteiger partial charge is 0.497 e. The maximum absolute atomic E-state index is 13.4. The van der Waals surface area contributed by atoms with E-state index in [1.165, 1.54) is 12.1 Å². The van der Waals surface area contributed by atoms with Crippen LogP contribution >= 0.6 is 23.2 Å². The predicted molar refractivity (Wildman–Crippen MR) is 112 cm³/mol. The highest BCUT2D eigenvalue weighted by atomic mass is 35.5. The first-order valence-electron chi connectivity index (χ1n) is 8.77. The van der Waals surface area contributed by atoms with E-state index in [0.717, 1.165) is 28.3 Å². The molecule has 0 spiro atoms. The molecular formula is C22H17Cl2FN2O. The van der Waals surface area contributed by atoms with Gasteiger partial charge in [-0.1, -0.05) is 35.3 Å². The van der Waals surface area contributed by atoms with Crippen LogP contribution in [0.1, 0.15) is 23.6 Å². The molecule has 1 aliphatic rings.